The molecule has 1 atom stereocenters. The van der Waals surface area contributed by atoms with Gasteiger partial charge in [-0.2, -0.15) is 0 Å². The molecule has 1 fully saturated rings. The molecule has 0 radical (unpaired) electrons. The quantitative estimate of drug-likeness (QED) is 0.397. The lowest BCUT2D eigenvalue weighted by molar-refractivity contribution is 0.730. The molecular formula is C6H9N3. The molecule has 2 rings (SSSR count). The van der Waals surface area contributed by atoms with Crippen LogP contribution in [0.15, 0.2) is 23.5 Å². The molecule has 0 spiro atoms. The fourth-order valence-corrected chi connectivity index (χ4v) is 1.20. The predicted octanol–water partition coefficient (Wildman–Crippen LogP) is -0.755. The first-order valence-corrected chi connectivity index (χ1v) is 3.02. The highest BCUT2D eigenvalue weighted by Crippen LogP contribution is 2.15. The van der Waals surface area contributed by atoms with Crippen molar-refractivity contribution in [2.45, 2.75) is 6.04 Å². The first-order valence-electron chi connectivity index (χ1n) is 3.02. The molecule has 48 valence electrons. The Labute approximate surface area is 53.6 Å². The number of nitrogens with one attached hydrogen (secondary N) is 2. The van der Waals surface area contributed by atoms with E-state index in [0.29, 0.717) is 0 Å². The van der Waals surface area contributed by atoms with Gasteiger partial charge in [0.05, 0.1) is 12.7 Å². The summed E-state index contributed by atoms with van der Waals surface area (Å²) in [5.74, 6) is 0. The fourth-order valence-electron chi connectivity index (χ4n) is 1.20. The minimum atomic E-state index is 0.282. The summed E-state index contributed by atoms with van der Waals surface area (Å²) in [6.07, 6.45) is 3.94. The summed E-state index contributed by atoms with van der Waals surface area (Å²) in [5.41, 5.74) is 7.74. The van der Waals surface area contributed by atoms with Gasteiger partial charge >= 0.3 is 0 Å². The summed E-state index contributed by atoms with van der Waals surface area (Å²) in [5, 5.41) is 6.36. The molecule has 1 aliphatic heterocycles. The van der Waals surface area contributed by atoms with Crippen LogP contribution < -0.4 is 16.4 Å². The van der Waals surface area contributed by atoms with E-state index in [9.17, 15) is 0 Å². The number of hydrogen-bond donors (Lipinski definition) is 3. The van der Waals surface area contributed by atoms with Gasteiger partial charge in [0.15, 0.2) is 0 Å². The lowest BCUT2D eigenvalue weighted by atomic mass is 10.2. The van der Waals surface area contributed by atoms with Crippen molar-refractivity contribution in [2.75, 3.05) is 6.67 Å². The highest BCUT2D eigenvalue weighted by Gasteiger charge is 2.24. The van der Waals surface area contributed by atoms with Crippen molar-refractivity contribution in [3.05, 3.63) is 23.5 Å². The highest BCUT2D eigenvalue weighted by atomic mass is 15.2. The van der Waals surface area contributed by atoms with Gasteiger partial charge in [-0.05, 0) is 12.2 Å². The highest BCUT2D eigenvalue weighted by molar-refractivity contribution is 5.37. The molecule has 3 nitrogen and oxygen atoms in total. The zero-order valence-electron chi connectivity index (χ0n) is 5.02. The molecule has 0 aromatic carbocycles. The van der Waals surface area contributed by atoms with E-state index >= 15 is 0 Å². The number of fused-ring (bicyclic) bond motifs is 1. The van der Waals surface area contributed by atoms with Gasteiger partial charge in [-0.3, -0.25) is 5.32 Å². The third-order valence-electron chi connectivity index (χ3n) is 1.70. The molecule has 1 unspecified atom stereocenters. The topological polar surface area (TPSA) is 50.1 Å². The van der Waals surface area contributed by atoms with Gasteiger partial charge in [0.2, 0.25) is 0 Å². The van der Waals surface area contributed by atoms with Crippen LogP contribution in [-0.4, -0.2) is 12.7 Å². The second-order valence-electron chi connectivity index (χ2n) is 2.28. The Balaban J connectivity index is 2.28. The molecule has 0 amide bonds. The molecule has 1 saturated heterocycles. The van der Waals surface area contributed by atoms with Gasteiger partial charge in [-0.15, -0.1) is 0 Å². The Bertz CT molecular complexity index is 192. The van der Waals surface area contributed by atoms with Crippen LogP contribution in [0, 0.1) is 0 Å². The summed E-state index contributed by atoms with van der Waals surface area (Å²) in [7, 11) is 0. The maximum atomic E-state index is 5.63. The minimum absolute atomic E-state index is 0.282. The van der Waals surface area contributed by atoms with Crippen molar-refractivity contribution < 1.29 is 0 Å². The number of nitrogens with two attached hydrogens (primary N) is 1. The van der Waals surface area contributed by atoms with Crippen LogP contribution in [0.2, 0.25) is 0 Å². The average Bonchev–Trinajstić information content (AvgIpc) is 2.35. The van der Waals surface area contributed by atoms with Crippen molar-refractivity contribution in [3.63, 3.8) is 0 Å². The van der Waals surface area contributed by atoms with E-state index in [0.717, 1.165) is 12.4 Å². The molecule has 0 aromatic heterocycles. The molecule has 0 bridgehead atoms. The Morgan fingerprint density at radius 2 is 2.44 bits per heavy atom. The Morgan fingerprint density at radius 3 is 3.22 bits per heavy atom. The van der Waals surface area contributed by atoms with Gasteiger partial charge in [0.1, 0.15) is 0 Å². The van der Waals surface area contributed by atoms with Crippen LogP contribution in [0.1, 0.15) is 0 Å². The Kier molecular flexibility index (Phi) is 0.818. The van der Waals surface area contributed by atoms with Gasteiger partial charge in [0, 0.05) is 11.4 Å². The standard InChI is InChI=1S/C6H9N3/c7-4-1-2-5-6(4)9-3-8-5/h1-2,6,8-9H,3,7H2. The molecule has 1 heterocycles. The Morgan fingerprint density at radius 1 is 1.56 bits per heavy atom. The molecule has 9 heavy (non-hydrogen) atoms. The zero-order chi connectivity index (χ0) is 6.27. The summed E-state index contributed by atoms with van der Waals surface area (Å²) in [6, 6.07) is 0.282. The van der Waals surface area contributed by atoms with Gasteiger partial charge in [-0.1, -0.05) is 0 Å². The summed E-state index contributed by atoms with van der Waals surface area (Å²) >= 11 is 0. The first kappa shape index (κ1) is 4.88. The van der Waals surface area contributed by atoms with Gasteiger partial charge in [0.25, 0.3) is 0 Å². The van der Waals surface area contributed by atoms with E-state index in [2.05, 4.69) is 10.6 Å². The maximum absolute atomic E-state index is 5.63. The molecule has 0 aromatic rings. The smallest absolute Gasteiger partial charge is 0.0885 e. The van der Waals surface area contributed by atoms with E-state index in [4.69, 9.17) is 5.73 Å². The van der Waals surface area contributed by atoms with Crippen molar-refractivity contribution in [1.82, 2.24) is 10.6 Å². The van der Waals surface area contributed by atoms with E-state index < -0.39 is 0 Å². The molecule has 2 aliphatic rings. The van der Waals surface area contributed by atoms with Crippen LogP contribution in [-0.2, 0) is 0 Å². The third-order valence-corrected chi connectivity index (χ3v) is 1.70. The van der Waals surface area contributed by atoms with Crippen molar-refractivity contribution in [3.8, 4) is 0 Å². The lowest BCUT2D eigenvalue weighted by Gasteiger charge is -2.04. The second-order valence-corrected chi connectivity index (χ2v) is 2.28. The monoisotopic (exact) mass is 123 g/mol. The molecule has 0 saturated carbocycles. The van der Waals surface area contributed by atoms with Crippen LogP contribution in [0.25, 0.3) is 0 Å². The average molecular weight is 123 g/mol. The van der Waals surface area contributed by atoms with Crippen molar-refractivity contribution in [1.29, 1.82) is 0 Å². The fraction of sp³-hybridized carbons (Fsp3) is 0.333. The van der Waals surface area contributed by atoms with Crippen molar-refractivity contribution in [2.24, 2.45) is 5.73 Å². The molecule has 4 N–H and O–H groups in total. The number of hydrogen-bond acceptors (Lipinski definition) is 3. The van der Waals surface area contributed by atoms with Gasteiger partial charge < -0.3 is 11.1 Å². The van der Waals surface area contributed by atoms with E-state index in [1.807, 2.05) is 12.2 Å². The van der Waals surface area contributed by atoms with Crippen LogP contribution in [0.3, 0.4) is 0 Å². The second kappa shape index (κ2) is 1.51. The van der Waals surface area contributed by atoms with E-state index in [-0.39, 0.29) is 6.04 Å². The molecular weight excluding hydrogens is 114 g/mol. The molecule has 1 aliphatic carbocycles. The minimum Gasteiger partial charge on any atom is -0.400 e. The van der Waals surface area contributed by atoms with Crippen molar-refractivity contribution >= 4 is 0 Å². The Hall–Kier alpha value is -0.960. The largest absolute Gasteiger partial charge is 0.400 e. The zero-order valence-corrected chi connectivity index (χ0v) is 5.02. The maximum Gasteiger partial charge on any atom is 0.0885 e. The summed E-state index contributed by atoms with van der Waals surface area (Å²) in [4.78, 5) is 0. The summed E-state index contributed by atoms with van der Waals surface area (Å²) in [6.45, 7) is 0.838. The predicted molar refractivity (Wildman–Crippen MR) is 35.3 cm³/mol. The van der Waals surface area contributed by atoms with Gasteiger partial charge in [-0.25, -0.2) is 0 Å². The van der Waals surface area contributed by atoms with Crippen LogP contribution >= 0.6 is 0 Å². The normalized spacial score (nSPS) is 30.9. The van der Waals surface area contributed by atoms with E-state index in [1.54, 1.807) is 0 Å². The van der Waals surface area contributed by atoms with Crippen LogP contribution in [0.5, 0.6) is 0 Å². The third kappa shape index (κ3) is 0.549. The van der Waals surface area contributed by atoms with E-state index in [1.165, 1.54) is 5.70 Å². The van der Waals surface area contributed by atoms with Crippen LogP contribution in [0.4, 0.5) is 0 Å². The number of allylic oxidation sites excluding steroid dienone is 2. The lowest BCUT2D eigenvalue weighted by Crippen LogP contribution is -2.26. The SMILES string of the molecule is NC1=CC=C2NCNC12. The summed E-state index contributed by atoms with van der Waals surface area (Å²) < 4.78 is 0. The number of rotatable bonds is 0. The molecule has 3 heteroatoms. The first-order chi connectivity index (χ1) is 4.38.